The number of nitrogens with zero attached hydrogens (tertiary/aromatic N) is 1. The Morgan fingerprint density at radius 1 is 1.44 bits per heavy atom. The fraction of sp³-hybridized carbons (Fsp3) is 0.545. The van der Waals surface area contributed by atoms with Crippen molar-refractivity contribution in [2.45, 2.75) is 39.8 Å². The molecule has 7 nitrogen and oxygen atoms in total. The largest absolute Gasteiger partial charge is 0.481 e. The van der Waals surface area contributed by atoms with Crippen LogP contribution in [-0.2, 0) is 11.3 Å². The fourth-order valence-electron chi connectivity index (χ4n) is 1.36. The Kier molecular flexibility index (Phi) is 4.70. The molecule has 18 heavy (non-hydrogen) atoms. The zero-order chi connectivity index (χ0) is 13.7. The van der Waals surface area contributed by atoms with E-state index in [1.807, 2.05) is 6.92 Å². The number of rotatable bonds is 5. The number of oxazole rings is 1. The maximum absolute atomic E-state index is 11.4. The number of carboxylic acid groups (broad SMARTS) is 1. The lowest BCUT2D eigenvalue weighted by Gasteiger charge is -2.11. The first-order valence-electron chi connectivity index (χ1n) is 5.57. The van der Waals surface area contributed by atoms with E-state index in [9.17, 15) is 9.59 Å². The molecule has 0 aliphatic heterocycles. The molecule has 1 heterocycles. The molecular weight excluding hydrogens is 238 g/mol. The van der Waals surface area contributed by atoms with Crippen molar-refractivity contribution in [1.82, 2.24) is 15.6 Å². The van der Waals surface area contributed by atoms with E-state index in [0.717, 1.165) is 5.69 Å². The first kappa shape index (κ1) is 14.0. The van der Waals surface area contributed by atoms with Gasteiger partial charge in [-0.25, -0.2) is 9.78 Å². The number of urea groups is 1. The second-order valence-corrected chi connectivity index (χ2v) is 4.08. The van der Waals surface area contributed by atoms with Gasteiger partial charge in [-0.05, 0) is 20.8 Å². The van der Waals surface area contributed by atoms with Crippen LogP contribution in [0.4, 0.5) is 4.79 Å². The lowest BCUT2D eigenvalue weighted by molar-refractivity contribution is -0.137. The Morgan fingerprint density at radius 3 is 2.61 bits per heavy atom. The monoisotopic (exact) mass is 255 g/mol. The van der Waals surface area contributed by atoms with Crippen molar-refractivity contribution in [3.63, 3.8) is 0 Å². The number of carbonyl (C=O) groups excluding carboxylic acids is 1. The van der Waals surface area contributed by atoms with Gasteiger partial charge in [0.1, 0.15) is 5.76 Å². The van der Waals surface area contributed by atoms with Gasteiger partial charge in [0.25, 0.3) is 0 Å². The number of hydrogen-bond acceptors (Lipinski definition) is 4. The van der Waals surface area contributed by atoms with Gasteiger partial charge in [0.2, 0.25) is 5.89 Å². The predicted molar refractivity (Wildman–Crippen MR) is 63.1 cm³/mol. The predicted octanol–water partition coefficient (Wildman–Crippen LogP) is 0.954. The maximum atomic E-state index is 11.4. The van der Waals surface area contributed by atoms with Crippen LogP contribution in [0, 0.1) is 13.8 Å². The van der Waals surface area contributed by atoms with Gasteiger partial charge in [0.05, 0.1) is 18.7 Å². The molecule has 7 heteroatoms. The summed E-state index contributed by atoms with van der Waals surface area (Å²) < 4.78 is 5.29. The van der Waals surface area contributed by atoms with Gasteiger partial charge in [-0.3, -0.25) is 4.79 Å². The average Bonchev–Trinajstić information content (AvgIpc) is 2.54. The maximum Gasteiger partial charge on any atom is 0.315 e. The third kappa shape index (κ3) is 4.44. The van der Waals surface area contributed by atoms with Crippen molar-refractivity contribution in [2.75, 3.05) is 0 Å². The number of hydrogen-bond donors (Lipinski definition) is 3. The Bertz CT molecular complexity index is 422. The smallest absolute Gasteiger partial charge is 0.315 e. The summed E-state index contributed by atoms with van der Waals surface area (Å²) >= 11 is 0. The molecule has 0 saturated carbocycles. The van der Waals surface area contributed by atoms with Crippen LogP contribution in [0.3, 0.4) is 0 Å². The van der Waals surface area contributed by atoms with E-state index in [1.165, 1.54) is 0 Å². The zero-order valence-corrected chi connectivity index (χ0v) is 10.6. The van der Waals surface area contributed by atoms with Crippen LogP contribution in [0.1, 0.15) is 30.7 Å². The molecule has 2 amide bonds. The van der Waals surface area contributed by atoms with Gasteiger partial charge in [0.15, 0.2) is 0 Å². The number of aliphatic carboxylic acids is 1. The van der Waals surface area contributed by atoms with Gasteiger partial charge >= 0.3 is 12.0 Å². The van der Waals surface area contributed by atoms with E-state index in [-0.39, 0.29) is 13.0 Å². The quantitative estimate of drug-likeness (QED) is 0.726. The van der Waals surface area contributed by atoms with E-state index in [4.69, 9.17) is 9.52 Å². The van der Waals surface area contributed by atoms with E-state index < -0.39 is 18.0 Å². The number of carboxylic acids is 1. The number of carbonyl (C=O) groups is 2. The number of amides is 2. The number of aryl methyl sites for hydroxylation is 2. The van der Waals surface area contributed by atoms with Gasteiger partial charge in [0, 0.05) is 6.04 Å². The zero-order valence-electron chi connectivity index (χ0n) is 10.6. The van der Waals surface area contributed by atoms with Crippen LogP contribution in [0.25, 0.3) is 0 Å². The van der Waals surface area contributed by atoms with Gasteiger partial charge in [-0.1, -0.05) is 0 Å². The second kappa shape index (κ2) is 6.04. The van der Waals surface area contributed by atoms with Gasteiger partial charge in [-0.15, -0.1) is 0 Å². The topological polar surface area (TPSA) is 104 Å². The molecule has 1 atom stereocenters. The molecule has 0 fully saturated rings. The molecular formula is C11H17N3O4. The SMILES string of the molecule is Cc1nc(CNC(=O)NC(C)CC(=O)O)oc1C. The molecule has 0 radical (unpaired) electrons. The van der Waals surface area contributed by atoms with Crippen LogP contribution in [0.2, 0.25) is 0 Å². The molecule has 0 bridgehead atoms. The highest BCUT2D eigenvalue weighted by Crippen LogP contribution is 2.07. The van der Waals surface area contributed by atoms with E-state index in [0.29, 0.717) is 11.7 Å². The molecule has 0 aliphatic carbocycles. The highest BCUT2D eigenvalue weighted by molar-refractivity contribution is 5.75. The van der Waals surface area contributed by atoms with Crippen molar-refractivity contribution in [2.24, 2.45) is 0 Å². The first-order valence-corrected chi connectivity index (χ1v) is 5.57. The van der Waals surface area contributed by atoms with Crippen LogP contribution < -0.4 is 10.6 Å². The molecule has 1 aromatic rings. The van der Waals surface area contributed by atoms with Crippen LogP contribution in [0.5, 0.6) is 0 Å². The van der Waals surface area contributed by atoms with Crippen LogP contribution in [-0.4, -0.2) is 28.1 Å². The van der Waals surface area contributed by atoms with Crippen LogP contribution in [0.15, 0.2) is 4.42 Å². The summed E-state index contributed by atoms with van der Waals surface area (Å²) in [6.07, 6.45) is -0.120. The van der Waals surface area contributed by atoms with Crippen LogP contribution >= 0.6 is 0 Å². The summed E-state index contributed by atoms with van der Waals surface area (Å²) in [5.41, 5.74) is 0.784. The van der Waals surface area contributed by atoms with Gasteiger partial charge in [-0.2, -0.15) is 0 Å². The lowest BCUT2D eigenvalue weighted by atomic mass is 10.2. The summed E-state index contributed by atoms with van der Waals surface area (Å²) in [4.78, 5) is 25.9. The van der Waals surface area contributed by atoms with Crippen molar-refractivity contribution in [1.29, 1.82) is 0 Å². The highest BCUT2D eigenvalue weighted by atomic mass is 16.4. The summed E-state index contributed by atoms with van der Waals surface area (Å²) in [7, 11) is 0. The number of nitrogens with one attached hydrogen (secondary N) is 2. The third-order valence-corrected chi connectivity index (χ3v) is 2.33. The Hall–Kier alpha value is -2.05. The minimum Gasteiger partial charge on any atom is -0.481 e. The first-order chi connectivity index (χ1) is 8.38. The Labute approximate surface area is 105 Å². The van der Waals surface area contributed by atoms with Crippen molar-refractivity contribution in [3.8, 4) is 0 Å². The van der Waals surface area contributed by atoms with E-state index >= 15 is 0 Å². The van der Waals surface area contributed by atoms with Crippen molar-refractivity contribution >= 4 is 12.0 Å². The summed E-state index contributed by atoms with van der Waals surface area (Å²) in [5.74, 6) is 0.180. The molecule has 1 unspecified atom stereocenters. The van der Waals surface area contributed by atoms with Crippen molar-refractivity contribution < 1.29 is 19.1 Å². The number of aromatic nitrogens is 1. The standard InChI is InChI=1S/C11H17N3O4/c1-6(4-10(15)16)13-11(17)12-5-9-14-7(2)8(3)18-9/h6H,4-5H2,1-3H3,(H,15,16)(H2,12,13,17). The molecule has 0 aliphatic rings. The highest BCUT2D eigenvalue weighted by Gasteiger charge is 2.11. The molecule has 1 aromatic heterocycles. The van der Waals surface area contributed by atoms with E-state index in [2.05, 4.69) is 15.6 Å². The molecule has 0 saturated heterocycles. The fourth-order valence-corrected chi connectivity index (χ4v) is 1.36. The van der Waals surface area contributed by atoms with Gasteiger partial charge < -0.3 is 20.2 Å². The Morgan fingerprint density at radius 2 is 2.11 bits per heavy atom. The second-order valence-electron chi connectivity index (χ2n) is 4.08. The summed E-state index contributed by atoms with van der Waals surface area (Å²) in [6.45, 7) is 5.39. The molecule has 0 spiro atoms. The minimum absolute atomic E-state index is 0.120. The lowest BCUT2D eigenvalue weighted by Crippen LogP contribution is -2.41. The minimum atomic E-state index is -0.957. The van der Waals surface area contributed by atoms with E-state index in [1.54, 1.807) is 13.8 Å². The molecule has 0 aromatic carbocycles. The molecule has 1 rings (SSSR count). The normalized spacial score (nSPS) is 11.9. The third-order valence-electron chi connectivity index (χ3n) is 2.33. The van der Waals surface area contributed by atoms with Crippen molar-refractivity contribution in [3.05, 3.63) is 17.3 Å². The molecule has 3 N–H and O–H groups in total. The summed E-state index contributed by atoms with van der Waals surface area (Å²) in [5, 5.41) is 13.6. The molecule has 100 valence electrons. The summed E-state index contributed by atoms with van der Waals surface area (Å²) in [6, 6.07) is -0.882. The Balaban J connectivity index is 2.35. The average molecular weight is 255 g/mol.